The normalized spacial score (nSPS) is 10.9. The van der Waals surface area contributed by atoms with Crippen LogP contribution in [0.1, 0.15) is 31.0 Å². The van der Waals surface area contributed by atoms with E-state index in [1.54, 1.807) is 0 Å². The molecule has 1 aromatic carbocycles. The summed E-state index contributed by atoms with van der Waals surface area (Å²) in [6.45, 7) is 4.55. The van der Waals surface area contributed by atoms with E-state index in [0.717, 1.165) is 15.8 Å². The highest BCUT2D eigenvalue weighted by Crippen LogP contribution is 2.32. The van der Waals surface area contributed by atoms with Crippen LogP contribution in [-0.2, 0) is 6.54 Å². The maximum absolute atomic E-state index is 5.65. The molecule has 0 fully saturated rings. The molecule has 2 rings (SSSR count). The van der Waals surface area contributed by atoms with Gasteiger partial charge in [-0.15, -0.1) is 0 Å². The first kappa shape index (κ1) is 13.1. The Morgan fingerprint density at radius 3 is 2.83 bits per heavy atom. The SMILES string of the molecule is CC(C)c1cc(Br)ccc1Oc1nc(CN)co1. The molecule has 1 aromatic heterocycles. The van der Waals surface area contributed by atoms with Crippen LogP contribution in [0, 0.1) is 0 Å². The molecule has 0 aliphatic rings. The number of halogens is 1. The quantitative estimate of drug-likeness (QED) is 0.932. The van der Waals surface area contributed by atoms with Crippen molar-refractivity contribution in [2.24, 2.45) is 5.73 Å². The Bertz CT molecular complexity index is 538. The van der Waals surface area contributed by atoms with E-state index in [9.17, 15) is 0 Å². The van der Waals surface area contributed by atoms with E-state index >= 15 is 0 Å². The molecule has 18 heavy (non-hydrogen) atoms. The van der Waals surface area contributed by atoms with Gasteiger partial charge in [-0.2, -0.15) is 4.98 Å². The Hall–Kier alpha value is -1.33. The fraction of sp³-hybridized carbons (Fsp3) is 0.308. The molecule has 0 saturated heterocycles. The van der Waals surface area contributed by atoms with E-state index in [-0.39, 0.29) is 6.08 Å². The molecule has 5 heteroatoms. The summed E-state index contributed by atoms with van der Waals surface area (Å²) in [5.74, 6) is 1.10. The standard InChI is InChI=1S/C13H15BrN2O2/c1-8(2)11-5-9(14)3-4-12(11)18-13-16-10(6-15)7-17-13/h3-5,7-8H,6,15H2,1-2H3. The van der Waals surface area contributed by atoms with Crippen molar-refractivity contribution >= 4 is 15.9 Å². The maximum Gasteiger partial charge on any atom is 0.399 e. The lowest BCUT2D eigenvalue weighted by Crippen LogP contribution is -1.97. The van der Waals surface area contributed by atoms with Gasteiger partial charge < -0.3 is 14.9 Å². The van der Waals surface area contributed by atoms with Crippen molar-refractivity contribution in [1.29, 1.82) is 0 Å². The second-order valence-electron chi connectivity index (χ2n) is 4.25. The number of hydrogen-bond donors (Lipinski definition) is 1. The van der Waals surface area contributed by atoms with E-state index in [1.807, 2.05) is 18.2 Å². The lowest BCUT2D eigenvalue weighted by molar-refractivity contribution is 0.327. The average molecular weight is 311 g/mol. The van der Waals surface area contributed by atoms with Gasteiger partial charge in [0.25, 0.3) is 0 Å². The van der Waals surface area contributed by atoms with Crippen LogP contribution in [0.5, 0.6) is 11.8 Å². The van der Waals surface area contributed by atoms with Gasteiger partial charge in [0.05, 0.1) is 5.69 Å². The molecule has 0 saturated carbocycles. The topological polar surface area (TPSA) is 61.3 Å². The first-order chi connectivity index (χ1) is 8.60. The molecular weight excluding hydrogens is 296 g/mol. The highest BCUT2D eigenvalue weighted by molar-refractivity contribution is 9.10. The smallest absolute Gasteiger partial charge is 0.399 e. The molecule has 0 radical (unpaired) electrons. The maximum atomic E-state index is 5.65. The highest BCUT2D eigenvalue weighted by Gasteiger charge is 2.12. The van der Waals surface area contributed by atoms with E-state index in [1.165, 1.54) is 6.26 Å². The third-order valence-corrected chi connectivity index (χ3v) is 3.02. The van der Waals surface area contributed by atoms with Gasteiger partial charge in [-0.25, -0.2) is 0 Å². The number of rotatable bonds is 4. The third kappa shape index (κ3) is 2.91. The van der Waals surface area contributed by atoms with Gasteiger partial charge in [0, 0.05) is 11.0 Å². The zero-order valence-corrected chi connectivity index (χ0v) is 11.9. The zero-order valence-electron chi connectivity index (χ0n) is 10.3. The van der Waals surface area contributed by atoms with Crippen molar-refractivity contribution in [3.05, 3.63) is 40.2 Å². The summed E-state index contributed by atoms with van der Waals surface area (Å²) in [6.07, 6.45) is 1.73. The Balaban J connectivity index is 2.28. The molecule has 2 aromatic rings. The summed E-state index contributed by atoms with van der Waals surface area (Å²) >= 11 is 3.45. The van der Waals surface area contributed by atoms with Gasteiger partial charge in [-0.1, -0.05) is 29.8 Å². The molecule has 2 N–H and O–H groups in total. The Morgan fingerprint density at radius 2 is 2.22 bits per heavy atom. The molecule has 96 valence electrons. The van der Waals surface area contributed by atoms with Crippen LogP contribution < -0.4 is 10.5 Å². The van der Waals surface area contributed by atoms with Gasteiger partial charge in [0.15, 0.2) is 0 Å². The highest BCUT2D eigenvalue weighted by atomic mass is 79.9. The minimum absolute atomic E-state index is 0.222. The van der Waals surface area contributed by atoms with Crippen molar-refractivity contribution in [3.8, 4) is 11.8 Å². The van der Waals surface area contributed by atoms with Crippen LogP contribution in [0.3, 0.4) is 0 Å². The molecule has 0 unspecified atom stereocenters. The fourth-order valence-corrected chi connectivity index (χ4v) is 1.97. The van der Waals surface area contributed by atoms with E-state index < -0.39 is 0 Å². The van der Waals surface area contributed by atoms with Crippen molar-refractivity contribution < 1.29 is 9.15 Å². The molecule has 4 nitrogen and oxygen atoms in total. The molecule has 0 atom stereocenters. The van der Waals surface area contributed by atoms with Crippen LogP contribution in [0.4, 0.5) is 0 Å². The number of benzene rings is 1. The van der Waals surface area contributed by atoms with Crippen molar-refractivity contribution in [2.75, 3.05) is 0 Å². The molecule has 0 aliphatic carbocycles. The molecule has 0 bridgehead atoms. The van der Waals surface area contributed by atoms with E-state index in [0.29, 0.717) is 18.2 Å². The van der Waals surface area contributed by atoms with Crippen molar-refractivity contribution in [1.82, 2.24) is 4.98 Å². The van der Waals surface area contributed by atoms with Gasteiger partial charge in [-0.3, -0.25) is 0 Å². The van der Waals surface area contributed by atoms with Crippen LogP contribution in [0.15, 0.2) is 33.4 Å². The first-order valence-corrected chi connectivity index (χ1v) is 6.51. The molecular formula is C13H15BrN2O2. The van der Waals surface area contributed by atoms with Crippen molar-refractivity contribution in [2.45, 2.75) is 26.3 Å². The minimum Gasteiger partial charge on any atom is -0.417 e. The number of ether oxygens (including phenoxy) is 1. The number of nitrogens with zero attached hydrogens (tertiary/aromatic N) is 1. The van der Waals surface area contributed by atoms with Crippen LogP contribution >= 0.6 is 15.9 Å². The Kier molecular flexibility index (Phi) is 4.04. The number of nitrogens with two attached hydrogens (primary N) is 1. The molecule has 0 aliphatic heterocycles. The Labute approximate surface area is 114 Å². The van der Waals surface area contributed by atoms with Gasteiger partial charge in [0.2, 0.25) is 0 Å². The summed E-state index contributed by atoms with van der Waals surface area (Å²) in [5.41, 5.74) is 7.24. The van der Waals surface area contributed by atoms with Crippen LogP contribution in [0.2, 0.25) is 0 Å². The van der Waals surface area contributed by atoms with Gasteiger partial charge in [0.1, 0.15) is 12.0 Å². The second-order valence-corrected chi connectivity index (χ2v) is 5.16. The lowest BCUT2D eigenvalue weighted by atomic mass is 10.0. The number of oxazole rings is 1. The van der Waals surface area contributed by atoms with E-state index in [2.05, 4.69) is 34.8 Å². The van der Waals surface area contributed by atoms with Crippen LogP contribution in [-0.4, -0.2) is 4.98 Å². The second kappa shape index (κ2) is 5.54. The molecule has 1 heterocycles. The number of aromatic nitrogens is 1. The van der Waals surface area contributed by atoms with Gasteiger partial charge in [-0.05, 0) is 29.7 Å². The zero-order chi connectivity index (χ0) is 13.1. The largest absolute Gasteiger partial charge is 0.417 e. The summed E-state index contributed by atoms with van der Waals surface area (Å²) in [5, 5.41) is 0. The Morgan fingerprint density at radius 1 is 1.44 bits per heavy atom. The summed E-state index contributed by atoms with van der Waals surface area (Å²) in [4.78, 5) is 4.12. The molecule has 0 spiro atoms. The molecule has 0 amide bonds. The summed E-state index contributed by atoms with van der Waals surface area (Å²) in [7, 11) is 0. The van der Waals surface area contributed by atoms with E-state index in [4.69, 9.17) is 14.9 Å². The summed E-state index contributed by atoms with van der Waals surface area (Å²) < 4.78 is 11.9. The van der Waals surface area contributed by atoms with Crippen LogP contribution in [0.25, 0.3) is 0 Å². The van der Waals surface area contributed by atoms with Crippen molar-refractivity contribution in [3.63, 3.8) is 0 Å². The third-order valence-electron chi connectivity index (χ3n) is 2.53. The van der Waals surface area contributed by atoms with Gasteiger partial charge >= 0.3 is 6.08 Å². The predicted octanol–water partition coefficient (Wildman–Crippen LogP) is 3.81. The average Bonchev–Trinajstić information content (AvgIpc) is 2.79. The number of hydrogen-bond acceptors (Lipinski definition) is 4. The minimum atomic E-state index is 0.222. The predicted molar refractivity (Wildman–Crippen MR) is 72.7 cm³/mol. The monoisotopic (exact) mass is 310 g/mol. The first-order valence-electron chi connectivity index (χ1n) is 5.72. The lowest BCUT2D eigenvalue weighted by Gasteiger charge is -2.11. The summed E-state index contributed by atoms with van der Waals surface area (Å²) in [6, 6.07) is 5.85. The fourth-order valence-electron chi connectivity index (χ4n) is 1.59.